The lowest BCUT2D eigenvalue weighted by Crippen LogP contribution is -2.41. The first kappa shape index (κ1) is 26.3. The number of fused-ring (bicyclic) bond motifs is 3. The van der Waals surface area contributed by atoms with Crippen molar-refractivity contribution in [1.82, 2.24) is 15.6 Å². The van der Waals surface area contributed by atoms with Crippen molar-refractivity contribution in [2.24, 2.45) is 0 Å². The van der Waals surface area contributed by atoms with E-state index in [4.69, 9.17) is 11.6 Å². The second kappa shape index (κ2) is 11.5. The van der Waals surface area contributed by atoms with E-state index in [1.165, 1.54) is 17.2 Å². The molecule has 4 rings (SSSR count). The molecule has 37 heavy (non-hydrogen) atoms. The number of nitrogens with one attached hydrogen (secondary N) is 3. The van der Waals surface area contributed by atoms with Crippen LogP contribution >= 0.6 is 11.6 Å². The maximum atomic E-state index is 15.6. The molecule has 2 amide bonds. The summed E-state index contributed by atoms with van der Waals surface area (Å²) >= 11 is 6.21. The number of halogens is 3. The van der Waals surface area contributed by atoms with E-state index in [2.05, 4.69) is 20.9 Å². The molecule has 0 spiro atoms. The van der Waals surface area contributed by atoms with Crippen molar-refractivity contribution in [2.75, 3.05) is 54.9 Å². The summed E-state index contributed by atoms with van der Waals surface area (Å²) < 4.78 is 31.1. The molecular formula is C26H26ClF2N7O. The number of hydrogen-bond acceptors (Lipinski definition) is 6. The Hall–Kier alpha value is -3.78. The molecule has 3 aromatic rings. The summed E-state index contributed by atoms with van der Waals surface area (Å²) in [6, 6.07) is 9.87. The fraction of sp³-hybridized carbons (Fsp3) is 0.269. The SMILES string of the molecule is CCN1C(=O)N(c2c(F)cc(NCCNCCNC)cc2F)c2cc(C#N)ccc2-c2cc(Cl)cnc21. The summed E-state index contributed by atoms with van der Waals surface area (Å²) in [6.45, 7) is 4.52. The molecule has 2 aromatic carbocycles. The van der Waals surface area contributed by atoms with Crippen LogP contribution in [0.25, 0.3) is 11.1 Å². The predicted molar refractivity (Wildman–Crippen MR) is 142 cm³/mol. The number of aromatic nitrogens is 1. The molecule has 2 heterocycles. The Morgan fingerprint density at radius 2 is 1.78 bits per heavy atom. The monoisotopic (exact) mass is 525 g/mol. The van der Waals surface area contributed by atoms with Crippen molar-refractivity contribution < 1.29 is 13.6 Å². The summed E-state index contributed by atoms with van der Waals surface area (Å²) in [6.07, 6.45) is 1.41. The Labute approximate surface area is 218 Å². The number of likely N-dealkylation sites (N-methyl/N-ethyl adjacent to an activating group) is 1. The quantitative estimate of drug-likeness (QED) is 0.345. The molecular weight excluding hydrogens is 500 g/mol. The zero-order chi connectivity index (χ0) is 26.5. The number of urea groups is 1. The molecule has 0 fully saturated rings. The van der Waals surface area contributed by atoms with Gasteiger partial charge in [0.25, 0.3) is 0 Å². The first-order chi connectivity index (χ1) is 17.9. The second-order valence-electron chi connectivity index (χ2n) is 8.30. The lowest BCUT2D eigenvalue weighted by molar-refractivity contribution is 0.253. The number of nitrogens with zero attached hydrogens (tertiary/aromatic N) is 4. The molecule has 0 unspecified atom stereocenters. The Morgan fingerprint density at radius 1 is 1.05 bits per heavy atom. The summed E-state index contributed by atoms with van der Waals surface area (Å²) in [5.41, 5.74) is 1.04. The van der Waals surface area contributed by atoms with E-state index in [0.29, 0.717) is 35.1 Å². The molecule has 8 nitrogen and oxygen atoms in total. The maximum absolute atomic E-state index is 15.6. The lowest BCUT2D eigenvalue weighted by Gasteiger charge is -2.28. The first-order valence-corrected chi connectivity index (χ1v) is 12.2. The third-order valence-electron chi connectivity index (χ3n) is 5.91. The van der Waals surface area contributed by atoms with Gasteiger partial charge in [0, 0.05) is 55.7 Å². The molecule has 3 N–H and O–H groups in total. The van der Waals surface area contributed by atoms with Crippen LogP contribution in [0.4, 0.5) is 36.5 Å². The topological polar surface area (TPSA) is 96.3 Å². The van der Waals surface area contributed by atoms with Gasteiger partial charge in [-0.05, 0) is 44.3 Å². The summed E-state index contributed by atoms with van der Waals surface area (Å²) in [5, 5.41) is 19.0. The van der Waals surface area contributed by atoms with E-state index in [1.807, 2.05) is 13.1 Å². The Morgan fingerprint density at radius 3 is 2.46 bits per heavy atom. The van der Waals surface area contributed by atoms with Gasteiger partial charge in [-0.25, -0.2) is 18.6 Å². The van der Waals surface area contributed by atoms with Gasteiger partial charge < -0.3 is 16.0 Å². The average Bonchev–Trinajstić information content (AvgIpc) is 2.97. The van der Waals surface area contributed by atoms with Crippen LogP contribution in [-0.2, 0) is 0 Å². The van der Waals surface area contributed by atoms with Crippen LogP contribution in [-0.4, -0.2) is 50.8 Å². The summed E-state index contributed by atoms with van der Waals surface area (Å²) in [4.78, 5) is 20.4. The van der Waals surface area contributed by atoms with Gasteiger partial charge in [0.1, 0.15) is 11.5 Å². The number of rotatable bonds is 9. The molecule has 0 atom stereocenters. The fourth-order valence-corrected chi connectivity index (χ4v) is 4.35. The smallest absolute Gasteiger partial charge is 0.334 e. The molecule has 0 saturated heterocycles. The van der Waals surface area contributed by atoms with E-state index in [-0.39, 0.29) is 23.5 Å². The van der Waals surface area contributed by atoms with Gasteiger partial charge in [-0.3, -0.25) is 9.80 Å². The molecule has 192 valence electrons. The number of nitriles is 1. The van der Waals surface area contributed by atoms with E-state index in [9.17, 15) is 10.1 Å². The molecule has 0 saturated carbocycles. The van der Waals surface area contributed by atoms with Crippen LogP contribution in [0.3, 0.4) is 0 Å². The number of carbonyl (C=O) groups is 1. The van der Waals surface area contributed by atoms with E-state index in [1.54, 1.807) is 25.1 Å². The highest BCUT2D eigenvalue weighted by molar-refractivity contribution is 6.31. The van der Waals surface area contributed by atoms with Crippen LogP contribution in [0, 0.1) is 23.0 Å². The normalized spacial score (nSPS) is 12.6. The zero-order valence-electron chi connectivity index (χ0n) is 20.4. The van der Waals surface area contributed by atoms with Gasteiger partial charge >= 0.3 is 6.03 Å². The van der Waals surface area contributed by atoms with Crippen LogP contribution < -0.4 is 25.8 Å². The molecule has 0 radical (unpaired) electrons. The predicted octanol–water partition coefficient (Wildman–Crippen LogP) is 4.87. The molecule has 0 aliphatic carbocycles. The number of anilines is 4. The average molecular weight is 526 g/mol. The van der Waals surface area contributed by atoms with Crippen LogP contribution in [0.1, 0.15) is 12.5 Å². The molecule has 1 aliphatic rings. The number of benzene rings is 2. The van der Waals surface area contributed by atoms with Gasteiger partial charge in [0.15, 0.2) is 11.6 Å². The number of carbonyl (C=O) groups excluding carboxylic acids is 1. The van der Waals surface area contributed by atoms with Crippen molar-refractivity contribution in [3.8, 4) is 17.2 Å². The highest BCUT2D eigenvalue weighted by atomic mass is 35.5. The van der Waals surface area contributed by atoms with Crippen molar-refractivity contribution in [1.29, 1.82) is 5.26 Å². The Kier molecular flexibility index (Phi) is 8.18. The number of hydrogen-bond donors (Lipinski definition) is 3. The summed E-state index contributed by atoms with van der Waals surface area (Å²) in [5.74, 6) is -1.56. The number of pyridine rings is 1. The fourth-order valence-electron chi connectivity index (χ4n) is 4.19. The Balaban J connectivity index is 1.79. The highest BCUT2D eigenvalue weighted by Crippen LogP contribution is 2.45. The Bertz CT molecular complexity index is 1340. The lowest BCUT2D eigenvalue weighted by atomic mass is 10.0. The van der Waals surface area contributed by atoms with Crippen molar-refractivity contribution in [3.63, 3.8) is 0 Å². The minimum atomic E-state index is -0.930. The minimum absolute atomic E-state index is 0.151. The zero-order valence-corrected chi connectivity index (χ0v) is 21.2. The maximum Gasteiger partial charge on any atom is 0.334 e. The van der Waals surface area contributed by atoms with Gasteiger partial charge in [-0.1, -0.05) is 17.7 Å². The molecule has 1 aliphatic heterocycles. The van der Waals surface area contributed by atoms with Crippen molar-refractivity contribution in [3.05, 3.63) is 64.8 Å². The summed E-state index contributed by atoms with van der Waals surface area (Å²) in [7, 11) is 1.85. The molecule has 11 heteroatoms. The first-order valence-electron chi connectivity index (χ1n) is 11.8. The third kappa shape index (κ3) is 5.34. The van der Waals surface area contributed by atoms with Gasteiger partial charge in [0.05, 0.1) is 22.3 Å². The van der Waals surface area contributed by atoms with E-state index >= 15 is 8.78 Å². The van der Waals surface area contributed by atoms with Gasteiger partial charge in [-0.15, -0.1) is 0 Å². The second-order valence-corrected chi connectivity index (χ2v) is 8.74. The highest BCUT2D eigenvalue weighted by Gasteiger charge is 2.36. The van der Waals surface area contributed by atoms with Crippen molar-refractivity contribution >= 4 is 40.5 Å². The van der Waals surface area contributed by atoms with E-state index in [0.717, 1.165) is 30.1 Å². The van der Waals surface area contributed by atoms with Gasteiger partial charge in [0.2, 0.25) is 0 Å². The largest absolute Gasteiger partial charge is 0.384 e. The van der Waals surface area contributed by atoms with Crippen LogP contribution in [0.5, 0.6) is 0 Å². The van der Waals surface area contributed by atoms with Crippen LogP contribution in [0.2, 0.25) is 5.02 Å². The van der Waals surface area contributed by atoms with Crippen LogP contribution in [0.15, 0.2) is 42.6 Å². The molecule has 0 bridgehead atoms. The van der Waals surface area contributed by atoms with Crippen molar-refractivity contribution in [2.45, 2.75) is 6.92 Å². The minimum Gasteiger partial charge on any atom is -0.384 e. The number of amides is 2. The van der Waals surface area contributed by atoms with Gasteiger partial charge in [-0.2, -0.15) is 5.26 Å². The standard InChI is InChI=1S/C26H26ClF2N7O/c1-3-35-25-20(11-17(27)15-34-25)19-5-4-16(14-30)10-23(19)36(26(35)37)24-21(28)12-18(13-22(24)29)33-9-8-32-7-6-31-2/h4-5,10-13,15,31-33H,3,6-9H2,1-2H3. The third-order valence-corrected chi connectivity index (χ3v) is 6.12. The molecule has 1 aromatic heterocycles. The van der Waals surface area contributed by atoms with E-state index < -0.39 is 23.4 Å².